The van der Waals surface area contributed by atoms with Crippen LogP contribution in [0.4, 0.5) is 11.4 Å². The van der Waals surface area contributed by atoms with Gasteiger partial charge in [-0.3, -0.25) is 4.79 Å². The van der Waals surface area contributed by atoms with Gasteiger partial charge in [-0.1, -0.05) is 12.1 Å². The molecule has 2 aliphatic heterocycles. The molecule has 0 aromatic heterocycles. The molecule has 1 atom stereocenters. The Morgan fingerprint density at radius 3 is 2.76 bits per heavy atom. The number of anilines is 2. The van der Waals surface area contributed by atoms with E-state index in [4.69, 9.17) is 0 Å². The maximum atomic E-state index is 10.8. The molecule has 3 N–H and O–H groups in total. The van der Waals surface area contributed by atoms with E-state index in [0.717, 1.165) is 30.8 Å². The Morgan fingerprint density at radius 2 is 2.00 bits per heavy atom. The molecule has 0 bridgehead atoms. The highest BCUT2D eigenvalue weighted by Gasteiger charge is 2.25. The average molecular weight is 231 g/mol. The summed E-state index contributed by atoms with van der Waals surface area (Å²) in [7, 11) is 0. The molecular formula is C13H17N3O. The third-order valence-corrected chi connectivity index (χ3v) is 3.62. The number of carbonyl (C=O) groups excluding carboxylic acids is 1. The Labute approximate surface area is 101 Å². The van der Waals surface area contributed by atoms with Crippen LogP contribution < -0.4 is 16.0 Å². The van der Waals surface area contributed by atoms with Crippen LogP contribution in [0.25, 0.3) is 0 Å². The summed E-state index contributed by atoms with van der Waals surface area (Å²) in [5.41, 5.74) is 3.52. The molecule has 0 amide bonds. The van der Waals surface area contributed by atoms with Gasteiger partial charge < -0.3 is 16.0 Å². The van der Waals surface area contributed by atoms with E-state index in [1.807, 2.05) is 6.07 Å². The standard InChI is InChI=1S/C13H17N3O/c17-8-12-15-11-3-1-2-10(13(11)16-12)9-4-6-14-7-5-9/h1-3,8-9,12,14-16H,4-7H2. The lowest BCUT2D eigenvalue weighted by atomic mass is 9.89. The van der Waals surface area contributed by atoms with Crippen LogP contribution in [0.15, 0.2) is 18.2 Å². The van der Waals surface area contributed by atoms with E-state index in [2.05, 4.69) is 28.1 Å². The summed E-state index contributed by atoms with van der Waals surface area (Å²) in [4.78, 5) is 10.8. The zero-order valence-corrected chi connectivity index (χ0v) is 9.70. The first-order chi connectivity index (χ1) is 8.38. The van der Waals surface area contributed by atoms with E-state index in [-0.39, 0.29) is 6.17 Å². The van der Waals surface area contributed by atoms with Crippen molar-refractivity contribution in [2.24, 2.45) is 0 Å². The maximum absolute atomic E-state index is 10.8. The number of para-hydroxylation sites is 1. The first-order valence-corrected chi connectivity index (χ1v) is 6.20. The number of benzene rings is 1. The van der Waals surface area contributed by atoms with Crippen LogP contribution in [0, 0.1) is 0 Å². The predicted octanol–water partition coefficient (Wildman–Crippen LogP) is 1.52. The number of rotatable bonds is 2. The van der Waals surface area contributed by atoms with Crippen LogP contribution in [0.5, 0.6) is 0 Å². The molecule has 1 aromatic carbocycles. The molecule has 2 aliphatic rings. The number of piperidine rings is 1. The minimum atomic E-state index is -0.270. The summed E-state index contributed by atoms with van der Waals surface area (Å²) in [6, 6.07) is 6.27. The highest BCUT2D eigenvalue weighted by atomic mass is 16.1. The summed E-state index contributed by atoms with van der Waals surface area (Å²) in [5.74, 6) is 0.603. The highest BCUT2D eigenvalue weighted by Crippen LogP contribution is 2.38. The summed E-state index contributed by atoms with van der Waals surface area (Å²) in [5, 5.41) is 9.80. The summed E-state index contributed by atoms with van der Waals surface area (Å²) in [6.07, 6.45) is 2.98. The number of hydrogen-bond donors (Lipinski definition) is 3. The Bertz CT molecular complexity index is 427. The Morgan fingerprint density at radius 1 is 1.18 bits per heavy atom. The molecule has 1 fully saturated rings. The van der Waals surface area contributed by atoms with E-state index in [0.29, 0.717) is 5.92 Å². The normalized spacial score (nSPS) is 23.6. The van der Waals surface area contributed by atoms with Crippen LogP contribution in [-0.2, 0) is 4.79 Å². The van der Waals surface area contributed by atoms with E-state index < -0.39 is 0 Å². The van der Waals surface area contributed by atoms with Crippen molar-refractivity contribution >= 4 is 17.7 Å². The number of fused-ring (bicyclic) bond motifs is 1. The van der Waals surface area contributed by atoms with Gasteiger partial charge in [-0.15, -0.1) is 0 Å². The molecule has 0 saturated carbocycles. The van der Waals surface area contributed by atoms with Crippen LogP contribution >= 0.6 is 0 Å². The lowest BCUT2D eigenvalue weighted by Gasteiger charge is -2.24. The third kappa shape index (κ3) is 1.89. The highest BCUT2D eigenvalue weighted by molar-refractivity contribution is 5.85. The molecule has 0 aliphatic carbocycles. The second-order valence-electron chi connectivity index (χ2n) is 4.70. The van der Waals surface area contributed by atoms with Gasteiger partial charge in [-0.25, -0.2) is 0 Å². The fourth-order valence-corrected chi connectivity index (χ4v) is 2.75. The minimum Gasteiger partial charge on any atom is -0.358 e. The molecule has 17 heavy (non-hydrogen) atoms. The SMILES string of the molecule is O=CC1Nc2cccc(C3CCNCC3)c2N1. The second kappa shape index (κ2) is 4.37. The van der Waals surface area contributed by atoms with E-state index in [9.17, 15) is 4.79 Å². The molecule has 1 aromatic rings. The van der Waals surface area contributed by atoms with Crippen molar-refractivity contribution in [3.05, 3.63) is 23.8 Å². The summed E-state index contributed by atoms with van der Waals surface area (Å²) < 4.78 is 0. The Balaban J connectivity index is 1.91. The quantitative estimate of drug-likeness (QED) is 0.675. The van der Waals surface area contributed by atoms with Crippen LogP contribution in [0.1, 0.15) is 24.3 Å². The molecule has 2 heterocycles. The van der Waals surface area contributed by atoms with Gasteiger partial charge in [0.25, 0.3) is 0 Å². The van der Waals surface area contributed by atoms with Gasteiger partial charge in [0.05, 0.1) is 11.4 Å². The van der Waals surface area contributed by atoms with Gasteiger partial charge >= 0.3 is 0 Å². The van der Waals surface area contributed by atoms with Crippen molar-refractivity contribution < 1.29 is 4.79 Å². The number of nitrogens with one attached hydrogen (secondary N) is 3. The smallest absolute Gasteiger partial charge is 0.162 e. The van der Waals surface area contributed by atoms with E-state index in [1.54, 1.807) is 0 Å². The minimum absolute atomic E-state index is 0.270. The van der Waals surface area contributed by atoms with Gasteiger partial charge in [0.2, 0.25) is 0 Å². The van der Waals surface area contributed by atoms with Crippen LogP contribution in [0.2, 0.25) is 0 Å². The molecule has 4 heteroatoms. The van der Waals surface area contributed by atoms with Gasteiger partial charge in [0, 0.05) is 0 Å². The lowest BCUT2D eigenvalue weighted by Crippen LogP contribution is -2.27. The topological polar surface area (TPSA) is 53.2 Å². The summed E-state index contributed by atoms with van der Waals surface area (Å²) in [6.45, 7) is 2.16. The number of hydrogen-bond acceptors (Lipinski definition) is 4. The first-order valence-electron chi connectivity index (χ1n) is 6.20. The third-order valence-electron chi connectivity index (χ3n) is 3.62. The van der Waals surface area contributed by atoms with Crippen molar-refractivity contribution in [2.75, 3.05) is 23.7 Å². The van der Waals surface area contributed by atoms with Crippen LogP contribution in [0.3, 0.4) is 0 Å². The molecule has 90 valence electrons. The largest absolute Gasteiger partial charge is 0.358 e. The Hall–Kier alpha value is -1.55. The zero-order chi connectivity index (χ0) is 11.7. The van der Waals surface area contributed by atoms with E-state index >= 15 is 0 Å². The fraction of sp³-hybridized carbons (Fsp3) is 0.462. The lowest BCUT2D eigenvalue weighted by molar-refractivity contribution is -0.107. The molecule has 1 saturated heterocycles. The predicted molar refractivity (Wildman–Crippen MR) is 68.4 cm³/mol. The fourth-order valence-electron chi connectivity index (χ4n) is 2.75. The molecule has 0 spiro atoms. The monoisotopic (exact) mass is 231 g/mol. The van der Waals surface area contributed by atoms with Crippen molar-refractivity contribution in [3.8, 4) is 0 Å². The van der Waals surface area contributed by atoms with Crippen molar-refractivity contribution in [1.82, 2.24) is 5.32 Å². The zero-order valence-electron chi connectivity index (χ0n) is 9.70. The number of carbonyl (C=O) groups is 1. The second-order valence-corrected chi connectivity index (χ2v) is 4.70. The van der Waals surface area contributed by atoms with E-state index in [1.165, 1.54) is 18.4 Å². The first kappa shape index (κ1) is 10.6. The summed E-state index contributed by atoms with van der Waals surface area (Å²) >= 11 is 0. The Kier molecular flexibility index (Phi) is 2.73. The molecule has 0 radical (unpaired) electrons. The van der Waals surface area contributed by atoms with Gasteiger partial charge in [0.15, 0.2) is 12.5 Å². The molecule has 4 nitrogen and oxygen atoms in total. The molecule has 1 unspecified atom stereocenters. The van der Waals surface area contributed by atoms with Crippen LogP contribution in [-0.4, -0.2) is 25.5 Å². The van der Waals surface area contributed by atoms with Crippen molar-refractivity contribution in [3.63, 3.8) is 0 Å². The van der Waals surface area contributed by atoms with Crippen molar-refractivity contribution in [2.45, 2.75) is 24.9 Å². The molecule has 3 rings (SSSR count). The van der Waals surface area contributed by atoms with Crippen molar-refractivity contribution in [1.29, 1.82) is 0 Å². The maximum Gasteiger partial charge on any atom is 0.162 e. The van der Waals surface area contributed by atoms with Gasteiger partial charge in [-0.05, 0) is 43.5 Å². The average Bonchev–Trinajstić information content (AvgIpc) is 2.82. The van der Waals surface area contributed by atoms with Gasteiger partial charge in [-0.2, -0.15) is 0 Å². The van der Waals surface area contributed by atoms with Gasteiger partial charge in [0.1, 0.15) is 0 Å². The molecular weight excluding hydrogens is 214 g/mol. The number of aldehydes is 1.